The Bertz CT molecular complexity index is 574. The Kier molecular flexibility index (Phi) is 4.93. The topological polar surface area (TPSA) is 49.3 Å². The first-order valence-electron chi connectivity index (χ1n) is 6.64. The molecule has 0 amide bonds. The third kappa shape index (κ3) is 4.18. The SMILES string of the molecule is Cc1ccc(C(C)NCc2ccc(CC(=O)O)cc2)s1. The van der Waals surface area contributed by atoms with Crippen molar-refractivity contribution in [1.29, 1.82) is 0 Å². The first-order valence-corrected chi connectivity index (χ1v) is 7.45. The number of thiophene rings is 1. The zero-order valence-corrected chi connectivity index (χ0v) is 12.5. The number of rotatable bonds is 6. The lowest BCUT2D eigenvalue weighted by Crippen LogP contribution is -2.17. The van der Waals surface area contributed by atoms with Gasteiger partial charge in [0.25, 0.3) is 0 Å². The van der Waals surface area contributed by atoms with Gasteiger partial charge in [0.2, 0.25) is 0 Å². The molecule has 1 aromatic heterocycles. The Morgan fingerprint density at radius 3 is 2.40 bits per heavy atom. The summed E-state index contributed by atoms with van der Waals surface area (Å²) < 4.78 is 0. The van der Waals surface area contributed by atoms with Gasteiger partial charge in [-0.05, 0) is 37.1 Å². The number of hydrogen-bond acceptors (Lipinski definition) is 3. The van der Waals surface area contributed by atoms with E-state index >= 15 is 0 Å². The Morgan fingerprint density at radius 1 is 1.20 bits per heavy atom. The number of benzene rings is 1. The highest BCUT2D eigenvalue weighted by Gasteiger charge is 2.07. The van der Waals surface area contributed by atoms with E-state index in [1.807, 2.05) is 35.6 Å². The fourth-order valence-electron chi connectivity index (χ4n) is 2.01. The third-order valence-electron chi connectivity index (χ3n) is 3.18. The molecule has 0 radical (unpaired) electrons. The highest BCUT2D eigenvalue weighted by molar-refractivity contribution is 7.12. The minimum absolute atomic E-state index is 0.0819. The second-order valence-electron chi connectivity index (χ2n) is 4.94. The van der Waals surface area contributed by atoms with Crippen LogP contribution in [-0.2, 0) is 17.8 Å². The Morgan fingerprint density at radius 2 is 1.85 bits per heavy atom. The van der Waals surface area contributed by atoms with Gasteiger partial charge in [-0.1, -0.05) is 24.3 Å². The van der Waals surface area contributed by atoms with E-state index in [-0.39, 0.29) is 6.42 Å². The highest BCUT2D eigenvalue weighted by Crippen LogP contribution is 2.22. The van der Waals surface area contributed by atoms with Crippen LogP contribution < -0.4 is 5.32 Å². The number of carbonyl (C=O) groups is 1. The van der Waals surface area contributed by atoms with Crippen molar-refractivity contribution in [2.45, 2.75) is 32.9 Å². The van der Waals surface area contributed by atoms with Crippen molar-refractivity contribution >= 4 is 17.3 Å². The number of aryl methyl sites for hydroxylation is 1. The summed E-state index contributed by atoms with van der Waals surface area (Å²) in [4.78, 5) is 13.3. The second-order valence-corrected chi connectivity index (χ2v) is 6.26. The zero-order chi connectivity index (χ0) is 14.5. The van der Waals surface area contributed by atoms with Gasteiger partial charge in [0, 0.05) is 22.3 Å². The van der Waals surface area contributed by atoms with Gasteiger partial charge in [-0.2, -0.15) is 0 Å². The average Bonchev–Trinajstić information content (AvgIpc) is 2.84. The van der Waals surface area contributed by atoms with Gasteiger partial charge in [-0.25, -0.2) is 0 Å². The number of nitrogens with one attached hydrogen (secondary N) is 1. The quantitative estimate of drug-likeness (QED) is 0.855. The molecule has 3 nitrogen and oxygen atoms in total. The van der Waals surface area contributed by atoms with E-state index < -0.39 is 5.97 Å². The summed E-state index contributed by atoms with van der Waals surface area (Å²) >= 11 is 1.81. The van der Waals surface area contributed by atoms with Crippen molar-refractivity contribution in [2.75, 3.05) is 0 Å². The van der Waals surface area contributed by atoms with Crippen LogP contribution in [0.5, 0.6) is 0 Å². The number of carboxylic acid groups (broad SMARTS) is 1. The number of hydrogen-bond donors (Lipinski definition) is 2. The first kappa shape index (κ1) is 14.8. The maximum absolute atomic E-state index is 10.6. The molecule has 2 N–H and O–H groups in total. The predicted octanol–water partition coefficient (Wildman–Crippen LogP) is 3.53. The van der Waals surface area contributed by atoms with E-state index in [0.717, 1.165) is 12.1 Å². The number of aliphatic carboxylic acids is 1. The van der Waals surface area contributed by atoms with Gasteiger partial charge in [-0.3, -0.25) is 4.79 Å². The summed E-state index contributed by atoms with van der Waals surface area (Å²) in [6.45, 7) is 5.05. The molecule has 1 heterocycles. The van der Waals surface area contributed by atoms with Crippen LogP contribution in [-0.4, -0.2) is 11.1 Å². The zero-order valence-electron chi connectivity index (χ0n) is 11.7. The van der Waals surface area contributed by atoms with Crippen LogP contribution in [0.4, 0.5) is 0 Å². The van der Waals surface area contributed by atoms with Crippen LogP contribution in [0, 0.1) is 6.92 Å². The lowest BCUT2D eigenvalue weighted by molar-refractivity contribution is -0.136. The molecule has 0 bridgehead atoms. The molecule has 2 aromatic rings. The minimum atomic E-state index is -0.794. The van der Waals surface area contributed by atoms with Crippen molar-refractivity contribution in [1.82, 2.24) is 5.32 Å². The molecule has 0 spiro atoms. The minimum Gasteiger partial charge on any atom is -0.481 e. The van der Waals surface area contributed by atoms with E-state index in [9.17, 15) is 4.79 Å². The van der Waals surface area contributed by atoms with Crippen molar-refractivity contribution in [3.63, 3.8) is 0 Å². The molecular formula is C16H19NO2S. The molecule has 0 aliphatic carbocycles. The maximum Gasteiger partial charge on any atom is 0.307 e. The lowest BCUT2D eigenvalue weighted by Gasteiger charge is -2.12. The van der Waals surface area contributed by atoms with Crippen molar-refractivity contribution in [3.05, 3.63) is 57.3 Å². The third-order valence-corrected chi connectivity index (χ3v) is 4.36. The molecule has 106 valence electrons. The van der Waals surface area contributed by atoms with Crippen molar-refractivity contribution < 1.29 is 9.90 Å². The van der Waals surface area contributed by atoms with Crippen LogP contribution in [0.1, 0.15) is 33.8 Å². The monoisotopic (exact) mass is 289 g/mol. The smallest absolute Gasteiger partial charge is 0.307 e. The maximum atomic E-state index is 10.6. The van der Waals surface area contributed by atoms with E-state index in [1.54, 1.807) is 0 Å². The molecule has 0 aliphatic heterocycles. The molecule has 0 saturated carbocycles. The first-order chi connectivity index (χ1) is 9.54. The molecule has 0 fully saturated rings. The molecule has 4 heteroatoms. The Balaban J connectivity index is 1.89. The van der Waals surface area contributed by atoms with Crippen LogP contribution >= 0.6 is 11.3 Å². The summed E-state index contributed by atoms with van der Waals surface area (Å²) in [7, 11) is 0. The highest BCUT2D eigenvalue weighted by atomic mass is 32.1. The second kappa shape index (κ2) is 6.68. The molecule has 0 aliphatic rings. The molecule has 0 saturated heterocycles. The molecule has 20 heavy (non-hydrogen) atoms. The molecular weight excluding hydrogens is 270 g/mol. The Hall–Kier alpha value is -1.65. The fourth-order valence-corrected chi connectivity index (χ4v) is 2.91. The van der Waals surface area contributed by atoms with Crippen LogP contribution in [0.15, 0.2) is 36.4 Å². The molecule has 1 aromatic carbocycles. The van der Waals surface area contributed by atoms with E-state index in [4.69, 9.17) is 5.11 Å². The van der Waals surface area contributed by atoms with Gasteiger partial charge in [0.05, 0.1) is 6.42 Å². The average molecular weight is 289 g/mol. The predicted molar refractivity (Wildman–Crippen MR) is 82.1 cm³/mol. The molecule has 1 atom stereocenters. The summed E-state index contributed by atoms with van der Waals surface area (Å²) in [5.41, 5.74) is 2.00. The standard InChI is InChI=1S/C16H19NO2S/c1-11-3-8-15(20-11)12(2)17-10-14-6-4-13(5-7-14)9-16(18)19/h3-8,12,17H,9-10H2,1-2H3,(H,18,19). The van der Waals surface area contributed by atoms with Crippen molar-refractivity contribution in [2.24, 2.45) is 0 Å². The van der Waals surface area contributed by atoms with Gasteiger partial charge in [0.15, 0.2) is 0 Å². The fraction of sp³-hybridized carbons (Fsp3) is 0.312. The van der Waals surface area contributed by atoms with Crippen molar-refractivity contribution in [3.8, 4) is 0 Å². The van der Waals surface area contributed by atoms with Gasteiger partial charge in [0.1, 0.15) is 0 Å². The van der Waals surface area contributed by atoms with E-state index in [2.05, 4.69) is 31.3 Å². The van der Waals surface area contributed by atoms with E-state index in [0.29, 0.717) is 6.04 Å². The lowest BCUT2D eigenvalue weighted by atomic mass is 10.1. The van der Waals surface area contributed by atoms with Crippen LogP contribution in [0.25, 0.3) is 0 Å². The number of carboxylic acids is 1. The van der Waals surface area contributed by atoms with Crippen LogP contribution in [0.2, 0.25) is 0 Å². The van der Waals surface area contributed by atoms with Crippen LogP contribution in [0.3, 0.4) is 0 Å². The molecule has 2 rings (SSSR count). The van der Waals surface area contributed by atoms with Gasteiger partial charge in [-0.15, -0.1) is 11.3 Å². The summed E-state index contributed by atoms with van der Waals surface area (Å²) in [5.74, 6) is -0.794. The largest absolute Gasteiger partial charge is 0.481 e. The summed E-state index contributed by atoms with van der Waals surface area (Å²) in [5, 5.41) is 12.2. The normalized spacial score (nSPS) is 12.3. The summed E-state index contributed by atoms with van der Waals surface area (Å²) in [6.07, 6.45) is 0.0819. The van der Waals surface area contributed by atoms with Gasteiger partial charge < -0.3 is 10.4 Å². The summed E-state index contributed by atoms with van der Waals surface area (Å²) in [6, 6.07) is 12.4. The van der Waals surface area contributed by atoms with Gasteiger partial charge >= 0.3 is 5.97 Å². The Labute approximate surface area is 123 Å². The molecule has 1 unspecified atom stereocenters. The van der Waals surface area contributed by atoms with E-state index in [1.165, 1.54) is 15.3 Å².